The quantitative estimate of drug-likeness (QED) is 0.211. The van der Waals surface area contributed by atoms with Crippen molar-refractivity contribution >= 4 is 45.1 Å². The molecule has 0 spiro atoms. The van der Waals surface area contributed by atoms with Crippen LogP contribution in [0.4, 0.5) is 5.95 Å². The number of hydrogen-bond donors (Lipinski definition) is 2. The molecule has 2 heterocycles. The van der Waals surface area contributed by atoms with Crippen molar-refractivity contribution in [2.75, 3.05) is 19.0 Å². The Morgan fingerprint density at radius 3 is 2.15 bits per heavy atom. The summed E-state index contributed by atoms with van der Waals surface area (Å²) in [6.07, 6.45) is 3.57. The molecule has 0 aliphatic carbocycles. The van der Waals surface area contributed by atoms with Gasteiger partial charge in [-0.2, -0.15) is 0 Å². The van der Waals surface area contributed by atoms with Crippen LogP contribution in [-0.4, -0.2) is 50.8 Å². The number of carboxylic acids is 1. The number of halogens is 1. The summed E-state index contributed by atoms with van der Waals surface area (Å²) in [5.41, 5.74) is 6.75. The predicted molar refractivity (Wildman–Crippen MR) is 169 cm³/mol. The number of aromatic nitrogens is 3. The van der Waals surface area contributed by atoms with E-state index in [-0.39, 0.29) is 6.42 Å². The zero-order valence-corrected chi connectivity index (χ0v) is 25.5. The van der Waals surface area contributed by atoms with Gasteiger partial charge in [0.25, 0.3) is 0 Å². The van der Waals surface area contributed by atoms with Crippen LogP contribution in [0, 0.1) is 6.92 Å². The van der Waals surface area contributed by atoms with Crippen molar-refractivity contribution in [2.45, 2.75) is 39.7 Å². The summed E-state index contributed by atoms with van der Waals surface area (Å²) >= 11 is 7.69. The maximum absolute atomic E-state index is 11.7. The first-order valence-corrected chi connectivity index (χ1v) is 14.2. The second-order valence-corrected chi connectivity index (χ2v) is 12.3. The van der Waals surface area contributed by atoms with E-state index in [1.54, 1.807) is 32.1 Å². The van der Waals surface area contributed by atoms with Crippen LogP contribution < -0.4 is 4.90 Å². The summed E-state index contributed by atoms with van der Waals surface area (Å²) in [6, 6.07) is 17.6. The third kappa shape index (κ3) is 7.67. The highest BCUT2D eigenvalue weighted by molar-refractivity contribution is 7.22. The van der Waals surface area contributed by atoms with E-state index >= 15 is 0 Å². The van der Waals surface area contributed by atoms with Crippen LogP contribution in [0.5, 0.6) is 0 Å². The van der Waals surface area contributed by atoms with Gasteiger partial charge in [-0.3, -0.25) is 4.79 Å². The Kier molecular flexibility index (Phi) is 9.07. The summed E-state index contributed by atoms with van der Waals surface area (Å²) < 4.78 is 0.957. The molecule has 0 fully saturated rings. The van der Waals surface area contributed by atoms with Gasteiger partial charge >= 0.3 is 5.97 Å². The molecular weight excluding hydrogens is 556 g/mol. The molecule has 0 aliphatic rings. The Morgan fingerprint density at radius 2 is 1.56 bits per heavy atom. The van der Waals surface area contributed by atoms with Crippen molar-refractivity contribution < 1.29 is 15.0 Å². The zero-order chi connectivity index (χ0) is 29.9. The molecule has 0 radical (unpaired) electrons. The van der Waals surface area contributed by atoms with E-state index in [2.05, 4.69) is 16.0 Å². The van der Waals surface area contributed by atoms with Gasteiger partial charge in [0.2, 0.25) is 5.95 Å². The van der Waals surface area contributed by atoms with Gasteiger partial charge in [0.05, 0.1) is 22.2 Å². The molecule has 0 atom stereocenters. The van der Waals surface area contributed by atoms with Crippen molar-refractivity contribution in [3.05, 3.63) is 83.1 Å². The number of fused-ring (bicyclic) bond motifs is 1. The van der Waals surface area contributed by atoms with Gasteiger partial charge in [-0.05, 0) is 74.2 Å². The third-order valence-electron chi connectivity index (χ3n) is 5.95. The molecule has 41 heavy (non-hydrogen) atoms. The molecule has 0 saturated heterocycles. The molecule has 0 unspecified atom stereocenters. The van der Waals surface area contributed by atoms with Gasteiger partial charge in [-0.25, -0.2) is 15.0 Å². The molecule has 0 aliphatic heterocycles. The van der Waals surface area contributed by atoms with E-state index in [4.69, 9.17) is 21.7 Å². The average Bonchev–Trinajstić information content (AvgIpc) is 3.32. The Labute approximate surface area is 249 Å². The van der Waals surface area contributed by atoms with E-state index in [1.807, 2.05) is 86.8 Å². The number of hydrogen-bond acceptors (Lipinski definition) is 7. The van der Waals surface area contributed by atoms with E-state index in [0.717, 1.165) is 54.2 Å². The molecule has 9 heteroatoms. The van der Waals surface area contributed by atoms with Crippen molar-refractivity contribution in [3.8, 4) is 32.8 Å². The number of aliphatic hydroxyl groups is 1. The lowest BCUT2D eigenvalue weighted by Crippen LogP contribution is -2.12. The van der Waals surface area contributed by atoms with E-state index in [0.29, 0.717) is 11.0 Å². The van der Waals surface area contributed by atoms with Crippen LogP contribution in [0.15, 0.2) is 67.0 Å². The standard InChI is InChI=1S/C28H23ClN4O2S.C4H10O/c1-16-11-23-26(25(22(16)13-24(34)35)17-7-9-21(29)10-8-17)36-27(32-23)19-6-4-5-18(12-19)20-14-30-28(31-15-20)33(2)3;1-4(2,3)5/h4-12,14-15H,13H2,1-3H3,(H,34,35);5H,1-3H3. The monoisotopic (exact) mass is 588 g/mol. The fourth-order valence-corrected chi connectivity index (χ4v) is 5.45. The Bertz CT molecular complexity index is 1670. The minimum Gasteiger partial charge on any atom is -0.481 e. The number of aryl methyl sites for hydroxylation is 1. The summed E-state index contributed by atoms with van der Waals surface area (Å²) in [5.74, 6) is -0.212. The fraction of sp³-hybridized carbons (Fsp3) is 0.250. The van der Waals surface area contributed by atoms with E-state index in [1.165, 1.54) is 0 Å². The number of carbonyl (C=O) groups is 1. The van der Waals surface area contributed by atoms with Gasteiger partial charge in [0.15, 0.2) is 0 Å². The first kappa shape index (κ1) is 30.1. The third-order valence-corrected chi connectivity index (χ3v) is 7.34. The van der Waals surface area contributed by atoms with Crippen molar-refractivity contribution in [2.24, 2.45) is 0 Å². The van der Waals surface area contributed by atoms with E-state index in [9.17, 15) is 9.90 Å². The zero-order valence-electron chi connectivity index (χ0n) is 23.9. The summed E-state index contributed by atoms with van der Waals surface area (Å²) in [4.78, 5) is 27.4. The maximum Gasteiger partial charge on any atom is 0.307 e. The van der Waals surface area contributed by atoms with Crippen LogP contribution >= 0.6 is 22.9 Å². The predicted octanol–water partition coefficient (Wildman–Crippen LogP) is 7.52. The Morgan fingerprint density at radius 1 is 0.951 bits per heavy atom. The molecule has 0 amide bonds. The summed E-state index contributed by atoms with van der Waals surface area (Å²) in [7, 11) is 3.81. The minimum absolute atomic E-state index is 0.0641. The van der Waals surface area contributed by atoms with Crippen molar-refractivity contribution in [3.63, 3.8) is 0 Å². The highest BCUT2D eigenvalue weighted by atomic mass is 35.5. The topological polar surface area (TPSA) is 99.4 Å². The second-order valence-electron chi connectivity index (χ2n) is 10.9. The highest BCUT2D eigenvalue weighted by Crippen LogP contribution is 2.41. The van der Waals surface area contributed by atoms with Gasteiger partial charge in [0, 0.05) is 48.2 Å². The molecular formula is C32H33ClN4O3S. The maximum atomic E-state index is 11.7. The van der Waals surface area contributed by atoms with E-state index < -0.39 is 11.6 Å². The number of rotatable bonds is 6. The molecule has 0 bridgehead atoms. The number of thiazole rings is 1. The lowest BCUT2D eigenvalue weighted by molar-refractivity contribution is -0.136. The molecule has 0 saturated carbocycles. The largest absolute Gasteiger partial charge is 0.481 e. The Hall–Kier alpha value is -3.85. The molecule has 7 nitrogen and oxygen atoms in total. The molecule has 5 rings (SSSR count). The smallest absolute Gasteiger partial charge is 0.307 e. The molecule has 212 valence electrons. The second kappa shape index (κ2) is 12.3. The lowest BCUT2D eigenvalue weighted by atomic mass is 9.93. The molecule has 2 aromatic heterocycles. The summed E-state index contributed by atoms with van der Waals surface area (Å²) in [6.45, 7) is 7.17. The highest BCUT2D eigenvalue weighted by Gasteiger charge is 2.19. The normalized spacial score (nSPS) is 11.2. The number of benzene rings is 3. The van der Waals surface area contributed by atoms with Gasteiger partial charge in [-0.15, -0.1) is 11.3 Å². The Balaban J connectivity index is 0.000000714. The average molecular weight is 589 g/mol. The summed E-state index contributed by atoms with van der Waals surface area (Å²) in [5, 5.41) is 19.6. The SMILES string of the molecule is CC(C)(C)O.Cc1cc2nc(-c3cccc(-c4cnc(N(C)C)nc4)c3)sc2c(-c2ccc(Cl)cc2)c1CC(=O)O. The van der Waals surface area contributed by atoms with Gasteiger partial charge in [-0.1, -0.05) is 41.9 Å². The van der Waals surface area contributed by atoms with Gasteiger partial charge in [0.1, 0.15) is 5.01 Å². The number of aliphatic carboxylic acids is 1. The first-order valence-electron chi connectivity index (χ1n) is 13.0. The van der Waals surface area contributed by atoms with Crippen molar-refractivity contribution in [1.82, 2.24) is 15.0 Å². The molecule has 2 N–H and O–H groups in total. The molecule has 5 aromatic rings. The first-order chi connectivity index (χ1) is 19.3. The van der Waals surface area contributed by atoms with Gasteiger partial charge < -0.3 is 15.1 Å². The lowest BCUT2D eigenvalue weighted by Gasteiger charge is -2.13. The van der Waals surface area contributed by atoms with Crippen LogP contribution in [-0.2, 0) is 11.2 Å². The molecule has 3 aromatic carbocycles. The van der Waals surface area contributed by atoms with Crippen LogP contribution in [0.3, 0.4) is 0 Å². The number of anilines is 1. The van der Waals surface area contributed by atoms with Crippen LogP contribution in [0.25, 0.3) is 43.0 Å². The fourth-order valence-electron chi connectivity index (χ4n) is 4.19. The number of carboxylic acid groups (broad SMARTS) is 1. The van der Waals surface area contributed by atoms with Crippen LogP contribution in [0.2, 0.25) is 5.02 Å². The number of nitrogens with zero attached hydrogens (tertiary/aromatic N) is 4. The van der Waals surface area contributed by atoms with Crippen LogP contribution in [0.1, 0.15) is 31.9 Å². The minimum atomic E-state index is -0.868. The van der Waals surface area contributed by atoms with Crippen molar-refractivity contribution in [1.29, 1.82) is 0 Å².